The molecular formula is C28H38N2O8. The zero-order chi connectivity index (χ0) is 27.0. The van der Waals surface area contributed by atoms with Crippen molar-refractivity contribution in [2.24, 2.45) is 9.98 Å². The van der Waals surface area contributed by atoms with Crippen LogP contribution in [0.1, 0.15) is 36.8 Å². The Morgan fingerprint density at radius 1 is 0.711 bits per heavy atom. The van der Waals surface area contributed by atoms with E-state index < -0.39 is 0 Å². The van der Waals surface area contributed by atoms with E-state index in [1.807, 2.05) is 0 Å². The highest BCUT2D eigenvalue weighted by Gasteiger charge is 2.23. The molecule has 0 heterocycles. The molecule has 0 unspecified atom stereocenters. The van der Waals surface area contributed by atoms with Gasteiger partial charge in [-0.1, -0.05) is 12.8 Å². The van der Waals surface area contributed by atoms with Crippen LogP contribution in [-0.2, 0) is 18.9 Å². The quantitative estimate of drug-likeness (QED) is 0.190. The largest absolute Gasteiger partial charge is 0.507 e. The maximum Gasteiger partial charge on any atom is 0.189 e. The Bertz CT molecular complexity index is 948. The fourth-order valence-corrected chi connectivity index (χ4v) is 3.86. The van der Waals surface area contributed by atoms with Crippen LogP contribution in [0.25, 0.3) is 0 Å². The first-order chi connectivity index (χ1) is 18.6. The van der Waals surface area contributed by atoms with Crippen molar-refractivity contribution in [3.63, 3.8) is 0 Å². The lowest BCUT2D eigenvalue weighted by atomic mass is 9.91. The van der Waals surface area contributed by atoms with E-state index >= 15 is 0 Å². The van der Waals surface area contributed by atoms with E-state index in [9.17, 15) is 10.2 Å². The Kier molecular flexibility index (Phi) is 12.8. The summed E-state index contributed by atoms with van der Waals surface area (Å²) in [5.74, 6) is 1.17. The van der Waals surface area contributed by atoms with E-state index in [4.69, 9.17) is 38.4 Å². The van der Waals surface area contributed by atoms with Crippen molar-refractivity contribution in [1.29, 1.82) is 0 Å². The number of aromatic hydroxyl groups is 2. The summed E-state index contributed by atoms with van der Waals surface area (Å²) < 4.78 is 31.4. The first-order valence-electron chi connectivity index (χ1n) is 12.7. The first kappa shape index (κ1) is 29.4. The minimum absolute atomic E-state index is 0.0153. The number of rotatable bonds is 16. The van der Waals surface area contributed by atoms with Crippen LogP contribution >= 0.6 is 0 Å². The number of phenols is 2. The molecule has 1 saturated carbocycles. The SMILES string of the molecule is COCCOCOc1ccc(C=N[C@@H]2CCCC[C@H]2N=Cc2ccc(OCOCCOC)cc2O)c(O)c1. The molecule has 0 aromatic heterocycles. The van der Waals surface area contributed by atoms with Gasteiger partial charge in [0.15, 0.2) is 13.6 Å². The molecule has 2 N–H and O–H groups in total. The average molecular weight is 531 g/mol. The molecule has 0 aliphatic heterocycles. The summed E-state index contributed by atoms with van der Waals surface area (Å²) in [5.41, 5.74) is 1.20. The number of hydrogen-bond donors (Lipinski definition) is 2. The van der Waals surface area contributed by atoms with Crippen LogP contribution in [0.4, 0.5) is 0 Å². The minimum atomic E-state index is -0.0153. The average Bonchev–Trinajstić information content (AvgIpc) is 2.92. The number of aliphatic imine (C=N–C) groups is 2. The molecule has 2 atom stereocenters. The third kappa shape index (κ3) is 9.94. The van der Waals surface area contributed by atoms with E-state index in [1.165, 1.54) is 0 Å². The van der Waals surface area contributed by atoms with Gasteiger partial charge in [-0.3, -0.25) is 9.98 Å². The van der Waals surface area contributed by atoms with Crippen LogP contribution in [0.5, 0.6) is 23.0 Å². The number of ether oxygens (including phenoxy) is 6. The summed E-state index contributed by atoms with van der Waals surface area (Å²) in [6, 6.07) is 10.1. The predicted molar refractivity (Wildman–Crippen MR) is 144 cm³/mol. The molecule has 1 aliphatic carbocycles. The van der Waals surface area contributed by atoms with E-state index in [0.29, 0.717) is 49.1 Å². The van der Waals surface area contributed by atoms with E-state index in [2.05, 4.69) is 0 Å². The summed E-state index contributed by atoms with van der Waals surface area (Å²) in [7, 11) is 3.21. The van der Waals surface area contributed by atoms with Crippen molar-refractivity contribution in [1.82, 2.24) is 0 Å². The highest BCUT2D eigenvalue weighted by atomic mass is 16.7. The summed E-state index contributed by atoms with van der Waals surface area (Å²) in [4.78, 5) is 9.48. The van der Waals surface area contributed by atoms with Crippen molar-refractivity contribution in [2.45, 2.75) is 37.8 Å². The zero-order valence-corrected chi connectivity index (χ0v) is 22.1. The molecule has 10 heteroatoms. The summed E-state index contributed by atoms with van der Waals surface area (Å²) in [6.45, 7) is 2.00. The minimum Gasteiger partial charge on any atom is -0.507 e. The van der Waals surface area contributed by atoms with Gasteiger partial charge >= 0.3 is 0 Å². The molecule has 3 rings (SSSR count). The monoisotopic (exact) mass is 530 g/mol. The van der Waals surface area contributed by atoms with Crippen molar-refractivity contribution in [3.05, 3.63) is 47.5 Å². The lowest BCUT2D eigenvalue weighted by Crippen LogP contribution is -2.27. The fourth-order valence-electron chi connectivity index (χ4n) is 3.86. The summed E-state index contributed by atoms with van der Waals surface area (Å²) in [5, 5.41) is 20.8. The number of methoxy groups -OCH3 is 2. The number of nitrogens with zero attached hydrogens (tertiary/aromatic N) is 2. The number of hydrogen-bond acceptors (Lipinski definition) is 10. The second-order valence-electron chi connectivity index (χ2n) is 8.74. The molecular weight excluding hydrogens is 492 g/mol. The summed E-state index contributed by atoms with van der Waals surface area (Å²) in [6.07, 6.45) is 7.32. The van der Waals surface area contributed by atoms with Crippen molar-refractivity contribution >= 4 is 12.4 Å². The Labute approximate surface area is 223 Å². The smallest absolute Gasteiger partial charge is 0.189 e. The van der Waals surface area contributed by atoms with E-state index in [-0.39, 0.29) is 37.2 Å². The third-order valence-electron chi connectivity index (χ3n) is 5.99. The molecule has 0 amide bonds. The highest BCUT2D eigenvalue weighted by molar-refractivity contribution is 5.85. The zero-order valence-electron chi connectivity index (χ0n) is 22.1. The van der Waals surface area contributed by atoms with Gasteiger partial charge < -0.3 is 38.6 Å². The maximum atomic E-state index is 10.4. The second kappa shape index (κ2) is 16.6. The molecule has 10 nitrogen and oxygen atoms in total. The Morgan fingerprint density at radius 3 is 1.55 bits per heavy atom. The molecule has 1 fully saturated rings. The van der Waals surface area contributed by atoms with Gasteiger partial charge in [-0.2, -0.15) is 0 Å². The van der Waals surface area contributed by atoms with Gasteiger partial charge in [0.2, 0.25) is 0 Å². The van der Waals surface area contributed by atoms with Gasteiger partial charge in [0.1, 0.15) is 23.0 Å². The van der Waals surface area contributed by atoms with Crippen LogP contribution in [-0.4, -0.2) is 89.0 Å². The third-order valence-corrected chi connectivity index (χ3v) is 5.99. The van der Waals surface area contributed by atoms with Gasteiger partial charge in [0.25, 0.3) is 0 Å². The molecule has 2 aromatic carbocycles. The van der Waals surface area contributed by atoms with E-state index in [0.717, 1.165) is 25.7 Å². The summed E-state index contributed by atoms with van der Waals surface area (Å²) >= 11 is 0. The molecule has 0 bridgehead atoms. The van der Waals surface area contributed by atoms with Gasteiger partial charge in [-0.25, -0.2) is 0 Å². The Balaban J connectivity index is 1.55. The lowest BCUT2D eigenvalue weighted by molar-refractivity contribution is -0.00864. The molecule has 0 saturated heterocycles. The first-order valence-corrected chi connectivity index (χ1v) is 12.7. The molecule has 38 heavy (non-hydrogen) atoms. The van der Waals surface area contributed by atoms with Crippen LogP contribution in [0.3, 0.4) is 0 Å². The number of phenolic OH excluding ortho intramolecular Hbond substituents is 2. The Morgan fingerprint density at radius 2 is 1.16 bits per heavy atom. The molecule has 2 aromatic rings. The van der Waals surface area contributed by atoms with Crippen LogP contribution in [0.15, 0.2) is 46.4 Å². The van der Waals surface area contributed by atoms with Crippen LogP contribution in [0, 0.1) is 0 Å². The standard InChI is InChI=1S/C28H38N2O8/c1-33-11-13-35-19-37-23-9-7-21(27(31)15-23)17-29-25-5-3-4-6-26(25)30-18-22-8-10-24(16-28(22)32)38-20-36-14-12-34-2/h7-10,15-18,25-26,31-32H,3-6,11-14,19-20H2,1-2H3/t25-,26-/m1/s1. The highest BCUT2D eigenvalue weighted by Crippen LogP contribution is 2.27. The van der Waals surface area contributed by atoms with Gasteiger partial charge in [0, 0.05) is 49.9 Å². The molecule has 0 radical (unpaired) electrons. The van der Waals surface area contributed by atoms with Crippen molar-refractivity contribution in [2.75, 3.05) is 54.2 Å². The molecule has 1 aliphatic rings. The van der Waals surface area contributed by atoms with Gasteiger partial charge in [-0.05, 0) is 37.1 Å². The predicted octanol–water partition coefficient (Wildman–Crippen LogP) is 3.95. The maximum absolute atomic E-state index is 10.4. The van der Waals surface area contributed by atoms with Gasteiger partial charge in [-0.15, -0.1) is 0 Å². The normalized spacial score (nSPS) is 17.8. The van der Waals surface area contributed by atoms with Gasteiger partial charge in [0.05, 0.1) is 38.5 Å². The second-order valence-corrected chi connectivity index (χ2v) is 8.74. The Hall–Kier alpha value is -3.18. The van der Waals surface area contributed by atoms with Crippen LogP contribution in [0.2, 0.25) is 0 Å². The fraction of sp³-hybridized carbons (Fsp3) is 0.500. The molecule has 0 spiro atoms. The molecule has 208 valence electrons. The number of benzene rings is 2. The topological polar surface area (TPSA) is 121 Å². The lowest BCUT2D eigenvalue weighted by Gasteiger charge is -2.25. The van der Waals surface area contributed by atoms with Crippen LogP contribution < -0.4 is 9.47 Å². The van der Waals surface area contributed by atoms with E-state index in [1.54, 1.807) is 63.0 Å². The van der Waals surface area contributed by atoms with Crippen molar-refractivity contribution in [3.8, 4) is 23.0 Å². The van der Waals surface area contributed by atoms with Crippen molar-refractivity contribution < 1.29 is 38.6 Å².